The number of nitrogens with one attached hydrogen (secondary N) is 8. The molecule has 6 aromatic rings. The number of benzene rings is 6. The van der Waals surface area contributed by atoms with Gasteiger partial charge >= 0.3 is 0 Å². The van der Waals surface area contributed by atoms with E-state index in [0.29, 0.717) is 146 Å². The van der Waals surface area contributed by atoms with Crippen molar-refractivity contribution in [2.24, 2.45) is 29.1 Å². The quantitative estimate of drug-likeness (QED) is 0.0125. The molecule has 5 aliphatic carbocycles. The van der Waals surface area contributed by atoms with Gasteiger partial charge < -0.3 is 57.1 Å². The Labute approximate surface area is 818 Å². The molecule has 0 spiro atoms. The third-order valence-corrected chi connectivity index (χ3v) is 30.7. The summed E-state index contributed by atoms with van der Waals surface area (Å²) >= 11 is 3.37. The van der Waals surface area contributed by atoms with Gasteiger partial charge in [0.15, 0.2) is 0 Å². The van der Waals surface area contributed by atoms with Crippen molar-refractivity contribution in [2.75, 3.05) is 126 Å². The van der Waals surface area contributed by atoms with Crippen LogP contribution in [0.1, 0.15) is 201 Å². The van der Waals surface area contributed by atoms with Crippen LogP contribution >= 0.6 is 15.9 Å². The van der Waals surface area contributed by atoms with E-state index in [9.17, 15) is 67.3 Å². The van der Waals surface area contributed by atoms with E-state index >= 15 is 0 Å². The minimum atomic E-state index is -3.85. The van der Waals surface area contributed by atoms with Crippen molar-refractivity contribution in [1.29, 1.82) is 0 Å². The molecule has 8 atom stereocenters. The van der Waals surface area contributed by atoms with Crippen molar-refractivity contribution >= 4 is 96.9 Å². The molecule has 2 bridgehead atoms. The largest absolute Gasteiger partial charge is 0.497 e. The Kier molecular flexibility index (Phi) is 56.7. The summed E-state index contributed by atoms with van der Waals surface area (Å²) in [5.74, 6) is 2.67. The van der Waals surface area contributed by atoms with E-state index in [1.807, 2.05) is 163 Å². The van der Waals surface area contributed by atoms with Crippen LogP contribution in [0.15, 0.2) is 150 Å². The summed E-state index contributed by atoms with van der Waals surface area (Å²) in [6, 6.07) is 49.4. The number of fused-ring (bicyclic) bond motifs is 4. The lowest BCUT2D eigenvalue weighted by Crippen LogP contribution is -2.60. The van der Waals surface area contributed by atoms with Crippen LogP contribution in [0.25, 0.3) is 0 Å². The molecule has 44 heteroatoms. The van der Waals surface area contributed by atoms with Crippen molar-refractivity contribution in [1.82, 2.24) is 42.5 Å². The van der Waals surface area contributed by atoms with Crippen molar-refractivity contribution in [3.8, 4) is 11.5 Å². The predicted octanol–water partition coefficient (Wildman–Crippen LogP) is 11.5. The molecule has 11 rings (SSSR count). The molecule has 3 saturated carbocycles. The molecule has 17 N–H and O–H groups in total. The Morgan fingerprint density at radius 2 is 0.853 bits per heavy atom. The first-order valence-corrected chi connectivity index (χ1v) is 59.3. The smallest absolute Gasteiger partial charge is 0.264 e. The Morgan fingerprint density at radius 3 is 1.26 bits per heavy atom. The van der Waals surface area contributed by atoms with Crippen LogP contribution in [0.4, 0.5) is 0 Å². The lowest BCUT2D eigenvalue weighted by Gasteiger charge is -2.62. The van der Waals surface area contributed by atoms with Crippen LogP contribution in [-0.4, -0.2) is 247 Å². The van der Waals surface area contributed by atoms with Gasteiger partial charge in [0, 0.05) is 46.8 Å². The van der Waals surface area contributed by atoms with Gasteiger partial charge in [-0.1, -0.05) is 160 Å². The molecule has 0 aromatic heterocycles. The van der Waals surface area contributed by atoms with E-state index in [0.717, 1.165) is 88.7 Å². The molecule has 35 nitrogen and oxygen atoms in total. The minimum absolute atomic E-state index is 0.0172. The average molecular weight is 2140 g/mol. The summed E-state index contributed by atoms with van der Waals surface area (Å²) in [7, 11) is -27.4. The first kappa shape index (κ1) is 124. The maximum absolute atomic E-state index is 10.6. The van der Waals surface area contributed by atoms with Crippen LogP contribution in [0.5, 0.6) is 11.5 Å². The summed E-state index contributed by atoms with van der Waals surface area (Å²) in [4.78, 5) is 0. The normalized spacial score (nSPS) is 17.7. The van der Waals surface area contributed by atoms with Gasteiger partial charge in [-0.2, -0.15) is 67.3 Å². The van der Waals surface area contributed by atoms with Gasteiger partial charge in [-0.25, -0.2) is 0 Å². The fourth-order valence-corrected chi connectivity index (χ4v) is 20.1. The Bertz CT molecular complexity index is 5320. The Balaban J connectivity index is 0.000000401. The summed E-state index contributed by atoms with van der Waals surface area (Å²) in [5, 5.41) is 34.8. The van der Waals surface area contributed by atoms with Crippen LogP contribution in [0, 0.1) is 36.0 Å². The van der Waals surface area contributed by atoms with E-state index in [1.54, 1.807) is 14.2 Å². The van der Waals surface area contributed by atoms with E-state index in [-0.39, 0.29) is 70.3 Å². The second-order valence-corrected chi connectivity index (χ2v) is 49.1. The zero-order valence-corrected chi connectivity index (χ0v) is 88.2. The second kappa shape index (κ2) is 62.0. The van der Waals surface area contributed by atoms with Gasteiger partial charge in [0.05, 0.1) is 66.8 Å². The van der Waals surface area contributed by atoms with Crippen molar-refractivity contribution in [3.05, 3.63) is 200 Å². The molecule has 0 saturated heterocycles. The second-order valence-electron chi connectivity index (χ2n) is 35.6. The summed E-state index contributed by atoms with van der Waals surface area (Å²) in [5.41, 5.74) is 11.4. The van der Waals surface area contributed by atoms with Crippen LogP contribution < -0.4 is 52.0 Å². The number of methoxy groups -OCH3 is 2. The number of halogens is 1. The number of hydrogen-bond acceptors (Lipinski definition) is 27. The maximum Gasteiger partial charge on any atom is 0.264 e. The summed E-state index contributed by atoms with van der Waals surface area (Å²) in [6.07, 6.45) is 11.1. The van der Waals surface area contributed by atoms with Crippen LogP contribution in [0.2, 0.25) is 0 Å². The monoisotopic (exact) mass is 2130 g/mol. The number of ether oxygens (including phenoxy) is 2. The highest BCUT2D eigenvalue weighted by atomic mass is 79.9. The Morgan fingerprint density at radius 1 is 0.456 bits per heavy atom. The molecular formula is C92H151BrN8O27S8. The van der Waals surface area contributed by atoms with Gasteiger partial charge in [-0.05, 0) is 298 Å². The third-order valence-electron chi connectivity index (χ3n) is 23.7. The van der Waals surface area contributed by atoms with Gasteiger partial charge in [0.1, 0.15) is 11.5 Å². The fourth-order valence-electron chi connectivity index (χ4n) is 15.8. The number of aryl methyl sites for hydroxylation is 3. The van der Waals surface area contributed by atoms with Crippen molar-refractivity contribution in [2.45, 2.75) is 201 Å². The van der Waals surface area contributed by atoms with Gasteiger partial charge in [0.25, 0.3) is 80.9 Å². The van der Waals surface area contributed by atoms with Crippen LogP contribution in [-0.2, 0) is 112 Å². The molecule has 0 amide bonds. The lowest BCUT2D eigenvalue weighted by molar-refractivity contribution is -0.114. The standard InChI is InChI=1S/C13H25NO3S.2C12H19NO4S.2C12H17NO3S.C12H19NO3S.C11H16BrNO3S.C8H19NO4S/c1-9-11-7-10(13(11,2)3)8-12(9)14-5-4-6-18(15,16)17;1-10(13-8-3-9-18(14,15)16)11-4-6-12(17-2)7-5-11;1-10-8-12(17-2)5-4-11(10)9-13-6-3-7-18(14,15)16;2*14-17(15,16)9-3-8-13-12-7-6-10-4-1-2-5-11(10)12;1-12(2,11-7-4-3-5-8-11)13-9-6-10-17(14,15)16;12-11-4-2-10(3-5-11)6-8-13-7-1-9-17(14,15)16;1-7(2)8(6-10)9-4-3-5-14(11,12)13/h9-12,14H,4-8H2,1-3H3,(H,15,16,17);4-7,10,13H,3,8-9H2,1-2H3,(H,14,15,16);4-5,8,13H,3,6-7,9H2,1-2H3,(H,14,15,16);2*1-2,4-5,12-13H,3,6-9H2,(H,14,15,16);3-5,7-8,13H,6,9-10H2,1-2H3,(H,14,15,16);2-5,13H,1,6-9H2,(H,14,15,16);7-10H,3-6H2,1-2H3,(H,11,12,13)/t9-,10?,11-,12-;10-;;12-;;;;8-/m10.0...1/s1. The Hall–Kier alpha value is -5.68. The molecule has 776 valence electrons. The highest BCUT2D eigenvalue weighted by molar-refractivity contribution is 9.10. The molecule has 136 heavy (non-hydrogen) atoms. The van der Waals surface area contributed by atoms with E-state index in [1.165, 1.54) is 40.7 Å². The summed E-state index contributed by atoms with van der Waals surface area (Å²) < 4.78 is 248. The van der Waals surface area contributed by atoms with Crippen molar-refractivity contribution in [3.63, 3.8) is 0 Å². The zero-order valence-electron chi connectivity index (χ0n) is 80.1. The minimum Gasteiger partial charge on any atom is -0.497 e. The van der Waals surface area contributed by atoms with Crippen molar-refractivity contribution < 1.29 is 118 Å². The highest BCUT2D eigenvalue weighted by Crippen LogP contribution is 2.61. The molecule has 3 fully saturated rings. The van der Waals surface area contributed by atoms with Gasteiger partial charge in [-0.3, -0.25) is 36.4 Å². The molecule has 5 aliphatic rings. The molecule has 2 unspecified atom stereocenters. The lowest BCUT2D eigenvalue weighted by atomic mass is 9.45. The first-order chi connectivity index (χ1) is 63.3. The predicted molar refractivity (Wildman–Crippen MR) is 541 cm³/mol. The molecular weight excluding hydrogens is 1990 g/mol. The third kappa shape index (κ3) is 56.8. The number of aliphatic hydroxyl groups excluding tert-OH is 1. The zero-order chi connectivity index (χ0) is 102. The molecule has 6 aromatic carbocycles. The van der Waals surface area contributed by atoms with E-state index in [4.69, 9.17) is 51.0 Å². The SMILES string of the molecule is CC(C)(NCCCS(=O)(=O)O)c1ccccc1.CC(C)[C@@H](CO)NCCCS(=O)(=O)O.COc1ccc(CNCCCS(=O)(=O)O)c(C)c1.COc1ccc([C@H](C)NCCCS(=O)(=O)O)cc1.C[C@@H]1[C@H]2CC(C[C@H]1NCCCS(=O)(=O)O)C2(C)C.O=S(=O)(O)CCCNC1CCc2ccccc21.O=S(=O)(O)CCCNCCc1ccc(Br)cc1.O=S(=O)(O)CCCN[C@H]1CCc2ccccc21. The summed E-state index contributed by atoms with van der Waals surface area (Å²) in [6.45, 7) is 25.1. The van der Waals surface area contributed by atoms with Gasteiger partial charge in [0.2, 0.25) is 0 Å². The first-order valence-electron chi connectivity index (χ1n) is 45.6. The van der Waals surface area contributed by atoms with Crippen LogP contribution in [0.3, 0.4) is 0 Å². The van der Waals surface area contributed by atoms with Gasteiger partial charge in [-0.15, -0.1) is 0 Å². The highest BCUT2D eigenvalue weighted by Gasteiger charge is 2.56. The number of hydrogen-bond donors (Lipinski definition) is 17. The van der Waals surface area contributed by atoms with E-state index < -0.39 is 80.9 Å². The average Bonchev–Trinajstić information content (AvgIpc) is 0.963. The number of rotatable bonds is 49. The molecule has 0 radical (unpaired) electrons. The topological polar surface area (TPSA) is 570 Å². The number of aliphatic hydroxyl groups is 1. The molecule has 0 aliphatic heterocycles. The van der Waals surface area contributed by atoms with E-state index in [2.05, 4.69) is 104 Å². The fraction of sp³-hybridized carbons (Fsp3) is 0.609. The maximum atomic E-state index is 10.6. The molecule has 0 heterocycles.